The lowest BCUT2D eigenvalue weighted by molar-refractivity contribution is 0.294. The number of fused-ring (bicyclic) bond motifs is 1. The van der Waals surface area contributed by atoms with Crippen molar-refractivity contribution >= 4 is 15.9 Å². The van der Waals surface area contributed by atoms with Gasteiger partial charge in [-0.25, -0.2) is 0 Å². The SMILES string of the molecule is CN1Cc2c(Br)cccc2C(c2ccc(O)c(O)c2)C1. The van der Waals surface area contributed by atoms with Gasteiger partial charge in [-0.2, -0.15) is 0 Å². The summed E-state index contributed by atoms with van der Waals surface area (Å²) >= 11 is 3.62. The van der Waals surface area contributed by atoms with E-state index in [4.69, 9.17) is 0 Å². The van der Waals surface area contributed by atoms with Gasteiger partial charge in [-0.1, -0.05) is 34.1 Å². The Morgan fingerprint density at radius 3 is 2.70 bits per heavy atom. The predicted molar refractivity (Wildman–Crippen MR) is 82.1 cm³/mol. The van der Waals surface area contributed by atoms with E-state index in [-0.39, 0.29) is 17.4 Å². The summed E-state index contributed by atoms with van der Waals surface area (Å²) in [7, 11) is 2.09. The first kappa shape index (κ1) is 13.5. The molecule has 0 saturated carbocycles. The lowest BCUT2D eigenvalue weighted by Gasteiger charge is -2.33. The minimum Gasteiger partial charge on any atom is -0.504 e. The average Bonchev–Trinajstić information content (AvgIpc) is 2.42. The van der Waals surface area contributed by atoms with Crippen molar-refractivity contribution in [3.63, 3.8) is 0 Å². The fourth-order valence-corrected chi connectivity index (χ4v) is 3.36. The maximum absolute atomic E-state index is 9.73. The summed E-state index contributed by atoms with van der Waals surface area (Å²) in [5.74, 6) is 0.0624. The maximum atomic E-state index is 9.73. The molecule has 0 amide bonds. The Balaban J connectivity index is 2.11. The minimum absolute atomic E-state index is 0.0627. The molecule has 0 aliphatic carbocycles. The molecule has 2 aromatic carbocycles. The molecule has 1 heterocycles. The molecule has 2 N–H and O–H groups in total. The normalized spacial score (nSPS) is 18.8. The summed E-state index contributed by atoms with van der Waals surface area (Å²) in [6.45, 7) is 1.81. The number of rotatable bonds is 1. The van der Waals surface area contributed by atoms with Crippen LogP contribution in [-0.4, -0.2) is 28.7 Å². The van der Waals surface area contributed by atoms with Crippen molar-refractivity contribution in [2.24, 2.45) is 0 Å². The van der Waals surface area contributed by atoms with Crippen LogP contribution >= 0.6 is 15.9 Å². The number of phenolic OH excluding ortho intramolecular Hbond substituents is 2. The van der Waals surface area contributed by atoms with Gasteiger partial charge in [-0.3, -0.25) is 0 Å². The zero-order valence-corrected chi connectivity index (χ0v) is 12.8. The van der Waals surface area contributed by atoms with E-state index in [0.717, 1.165) is 23.1 Å². The Morgan fingerprint density at radius 2 is 1.95 bits per heavy atom. The number of phenols is 2. The number of hydrogen-bond donors (Lipinski definition) is 2. The van der Waals surface area contributed by atoms with Gasteiger partial charge in [0.1, 0.15) is 0 Å². The third-order valence-corrected chi connectivity index (χ3v) is 4.60. The first-order chi connectivity index (χ1) is 9.56. The van der Waals surface area contributed by atoms with Crippen LogP contribution in [0.3, 0.4) is 0 Å². The lowest BCUT2D eigenvalue weighted by atomic mass is 9.85. The molecule has 2 aromatic rings. The second kappa shape index (κ2) is 5.11. The van der Waals surface area contributed by atoms with Gasteiger partial charge < -0.3 is 15.1 Å². The molecule has 1 aliphatic rings. The number of nitrogens with zero attached hydrogens (tertiary/aromatic N) is 1. The molecule has 20 heavy (non-hydrogen) atoms. The molecule has 1 unspecified atom stereocenters. The number of benzene rings is 2. The third kappa shape index (κ3) is 2.30. The van der Waals surface area contributed by atoms with Crippen molar-refractivity contribution in [2.75, 3.05) is 13.6 Å². The summed E-state index contributed by atoms with van der Waals surface area (Å²) in [4.78, 5) is 2.27. The molecule has 1 atom stereocenters. The molecule has 0 bridgehead atoms. The second-order valence-electron chi connectivity index (χ2n) is 5.31. The molecule has 0 saturated heterocycles. The van der Waals surface area contributed by atoms with Crippen LogP contribution in [0.4, 0.5) is 0 Å². The standard InChI is InChI=1S/C16H16BrNO2/c1-18-8-12(10-5-6-15(19)16(20)7-10)11-3-2-4-14(17)13(11)9-18/h2-7,12,19-20H,8-9H2,1H3. The zero-order valence-electron chi connectivity index (χ0n) is 11.2. The van der Waals surface area contributed by atoms with Gasteiger partial charge in [0.2, 0.25) is 0 Å². The van der Waals surface area contributed by atoms with E-state index in [1.807, 2.05) is 12.1 Å². The Bertz CT molecular complexity index is 657. The van der Waals surface area contributed by atoms with Crippen LogP contribution in [0.2, 0.25) is 0 Å². The number of aromatic hydroxyl groups is 2. The summed E-state index contributed by atoms with van der Waals surface area (Å²) in [6.07, 6.45) is 0. The highest BCUT2D eigenvalue weighted by Crippen LogP contribution is 2.38. The summed E-state index contributed by atoms with van der Waals surface area (Å²) < 4.78 is 1.12. The molecule has 3 rings (SSSR count). The van der Waals surface area contributed by atoms with Crippen LogP contribution in [0, 0.1) is 0 Å². The topological polar surface area (TPSA) is 43.7 Å². The quantitative estimate of drug-likeness (QED) is 0.785. The predicted octanol–water partition coefficient (Wildman–Crippen LogP) is 3.44. The maximum Gasteiger partial charge on any atom is 0.157 e. The largest absolute Gasteiger partial charge is 0.504 e. The van der Waals surface area contributed by atoms with E-state index in [2.05, 4.69) is 40.0 Å². The molecular weight excluding hydrogens is 318 g/mol. The van der Waals surface area contributed by atoms with Gasteiger partial charge >= 0.3 is 0 Å². The fraction of sp³-hybridized carbons (Fsp3) is 0.250. The number of likely N-dealkylation sites (N-methyl/N-ethyl adjacent to an activating group) is 1. The van der Waals surface area contributed by atoms with Crippen molar-refractivity contribution in [2.45, 2.75) is 12.5 Å². The molecule has 1 aliphatic heterocycles. The Kier molecular flexibility index (Phi) is 3.44. The van der Waals surface area contributed by atoms with Gasteiger partial charge in [0.15, 0.2) is 11.5 Å². The van der Waals surface area contributed by atoms with Crippen LogP contribution in [0.25, 0.3) is 0 Å². The number of hydrogen-bond acceptors (Lipinski definition) is 3. The molecule has 0 radical (unpaired) electrons. The monoisotopic (exact) mass is 333 g/mol. The van der Waals surface area contributed by atoms with E-state index < -0.39 is 0 Å². The molecular formula is C16H16BrNO2. The third-order valence-electron chi connectivity index (χ3n) is 3.85. The van der Waals surface area contributed by atoms with Gasteiger partial charge in [-0.15, -0.1) is 0 Å². The fourth-order valence-electron chi connectivity index (χ4n) is 2.86. The first-order valence-corrected chi connectivity index (χ1v) is 7.33. The van der Waals surface area contributed by atoms with E-state index in [1.54, 1.807) is 12.1 Å². The highest BCUT2D eigenvalue weighted by molar-refractivity contribution is 9.10. The van der Waals surface area contributed by atoms with Crippen LogP contribution < -0.4 is 0 Å². The van der Waals surface area contributed by atoms with Crippen LogP contribution in [0.15, 0.2) is 40.9 Å². The van der Waals surface area contributed by atoms with Gasteiger partial charge in [0.05, 0.1) is 0 Å². The average molecular weight is 334 g/mol. The first-order valence-electron chi connectivity index (χ1n) is 6.54. The van der Waals surface area contributed by atoms with Crippen molar-refractivity contribution < 1.29 is 10.2 Å². The molecule has 3 nitrogen and oxygen atoms in total. The van der Waals surface area contributed by atoms with Crippen LogP contribution in [0.5, 0.6) is 11.5 Å². The Labute approximate surface area is 126 Å². The molecule has 0 aromatic heterocycles. The van der Waals surface area contributed by atoms with E-state index in [1.165, 1.54) is 11.1 Å². The number of halogens is 1. The molecule has 0 fully saturated rings. The molecule has 104 valence electrons. The highest BCUT2D eigenvalue weighted by atomic mass is 79.9. The van der Waals surface area contributed by atoms with Crippen molar-refractivity contribution in [1.82, 2.24) is 4.90 Å². The van der Waals surface area contributed by atoms with E-state index in [0.29, 0.717) is 0 Å². The van der Waals surface area contributed by atoms with Crippen molar-refractivity contribution in [3.8, 4) is 11.5 Å². The van der Waals surface area contributed by atoms with Gasteiger partial charge in [-0.05, 0) is 41.9 Å². The molecule has 4 heteroatoms. The smallest absolute Gasteiger partial charge is 0.157 e. The minimum atomic E-state index is -0.0765. The second-order valence-corrected chi connectivity index (χ2v) is 6.16. The van der Waals surface area contributed by atoms with Gasteiger partial charge in [0, 0.05) is 23.5 Å². The van der Waals surface area contributed by atoms with Crippen LogP contribution in [-0.2, 0) is 6.54 Å². The lowest BCUT2D eigenvalue weighted by Crippen LogP contribution is -2.31. The van der Waals surface area contributed by atoms with E-state index >= 15 is 0 Å². The molecule has 0 spiro atoms. The Hall–Kier alpha value is -1.52. The zero-order chi connectivity index (χ0) is 14.3. The Morgan fingerprint density at radius 1 is 1.15 bits per heavy atom. The van der Waals surface area contributed by atoms with Gasteiger partial charge in [0.25, 0.3) is 0 Å². The summed E-state index contributed by atoms with van der Waals surface area (Å²) in [6, 6.07) is 11.3. The van der Waals surface area contributed by atoms with Crippen molar-refractivity contribution in [1.29, 1.82) is 0 Å². The summed E-state index contributed by atoms with van der Waals surface area (Å²) in [5.41, 5.74) is 3.59. The van der Waals surface area contributed by atoms with Crippen molar-refractivity contribution in [3.05, 3.63) is 57.6 Å². The van der Waals surface area contributed by atoms with E-state index in [9.17, 15) is 10.2 Å². The van der Waals surface area contributed by atoms with Crippen LogP contribution in [0.1, 0.15) is 22.6 Å². The highest BCUT2D eigenvalue weighted by Gasteiger charge is 2.26. The summed E-state index contributed by atoms with van der Waals surface area (Å²) in [5, 5.41) is 19.2.